The average Bonchev–Trinajstić information content (AvgIpc) is 2.14. The van der Waals surface area contributed by atoms with Crippen molar-refractivity contribution in [1.82, 2.24) is 15.1 Å². The number of rotatable bonds is 3. The maximum Gasteiger partial charge on any atom is 0.0240 e. The minimum absolute atomic E-state index is 0.331. The van der Waals surface area contributed by atoms with Crippen LogP contribution in [-0.2, 0) is 0 Å². The lowest BCUT2D eigenvalue weighted by Crippen LogP contribution is -2.56. The Bertz CT molecular complexity index is 210. The average molecular weight is 227 g/mol. The van der Waals surface area contributed by atoms with E-state index in [1.807, 2.05) is 0 Å². The predicted octanol–water partition coefficient (Wildman–Crippen LogP) is 1.26. The lowest BCUT2D eigenvalue weighted by Gasteiger charge is -2.42. The molecule has 2 atom stereocenters. The van der Waals surface area contributed by atoms with Crippen LogP contribution in [0.1, 0.15) is 27.7 Å². The van der Waals surface area contributed by atoms with Crippen LogP contribution in [0.5, 0.6) is 0 Å². The van der Waals surface area contributed by atoms with Crippen LogP contribution in [0.2, 0.25) is 0 Å². The summed E-state index contributed by atoms with van der Waals surface area (Å²) in [6.07, 6.45) is 0. The van der Waals surface area contributed by atoms with E-state index in [9.17, 15) is 0 Å². The molecule has 0 bridgehead atoms. The molecule has 0 amide bonds. The molecule has 0 aliphatic carbocycles. The topological polar surface area (TPSA) is 18.5 Å². The van der Waals surface area contributed by atoms with Crippen LogP contribution < -0.4 is 5.32 Å². The highest BCUT2D eigenvalue weighted by Crippen LogP contribution is 2.21. The monoisotopic (exact) mass is 227 g/mol. The minimum atomic E-state index is 0.331. The largest absolute Gasteiger partial charge is 0.315 e. The molecule has 16 heavy (non-hydrogen) atoms. The number of likely N-dealkylation sites (N-methyl/N-ethyl adjacent to an activating group) is 2. The molecule has 2 unspecified atom stereocenters. The molecular formula is C13H29N3. The maximum absolute atomic E-state index is 3.47. The molecule has 1 N–H and O–H groups in total. The maximum atomic E-state index is 3.47. The van der Waals surface area contributed by atoms with Crippen LogP contribution in [0.3, 0.4) is 0 Å². The van der Waals surface area contributed by atoms with E-state index < -0.39 is 0 Å². The van der Waals surface area contributed by atoms with Gasteiger partial charge < -0.3 is 10.2 Å². The first-order chi connectivity index (χ1) is 7.34. The first-order valence-corrected chi connectivity index (χ1v) is 6.44. The van der Waals surface area contributed by atoms with Gasteiger partial charge in [-0.1, -0.05) is 20.8 Å². The van der Waals surface area contributed by atoms with Gasteiger partial charge in [-0.3, -0.25) is 4.90 Å². The Morgan fingerprint density at radius 2 is 1.94 bits per heavy atom. The van der Waals surface area contributed by atoms with Gasteiger partial charge in [0.15, 0.2) is 0 Å². The van der Waals surface area contributed by atoms with Crippen LogP contribution in [0.4, 0.5) is 0 Å². The highest BCUT2D eigenvalue weighted by atomic mass is 15.3. The Morgan fingerprint density at radius 3 is 2.38 bits per heavy atom. The third-order valence-corrected chi connectivity index (χ3v) is 3.78. The van der Waals surface area contributed by atoms with Gasteiger partial charge in [-0.25, -0.2) is 0 Å². The molecule has 3 nitrogen and oxygen atoms in total. The van der Waals surface area contributed by atoms with Gasteiger partial charge in [0.2, 0.25) is 0 Å². The van der Waals surface area contributed by atoms with E-state index in [-0.39, 0.29) is 0 Å². The molecule has 0 spiro atoms. The zero-order valence-corrected chi connectivity index (χ0v) is 11.9. The predicted molar refractivity (Wildman–Crippen MR) is 70.8 cm³/mol. The van der Waals surface area contributed by atoms with Crippen LogP contribution in [0.25, 0.3) is 0 Å². The Hall–Kier alpha value is -0.120. The number of nitrogens with one attached hydrogen (secondary N) is 1. The molecule has 0 radical (unpaired) electrons. The zero-order valence-electron chi connectivity index (χ0n) is 11.9. The van der Waals surface area contributed by atoms with Gasteiger partial charge in [-0.15, -0.1) is 0 Å². The summed E-state index contributed by atoms with van der Waals surface area (Å²) >= 11 is 0. The third kappa shape index (κ3) is 3.72. The third-order valence-electron chi connectivity index (χ3n) is 3.78. The fourth-order valence-electron chi connectivity index (χ4n) is 2.48. The summed E-state index contributed by atoms with van der Waals surface area (Å²) in [5.74, 6) is 0. The fraction of sp³-hybridized carbons (Fsp3) is 1.00. The van der Waals surface area contributed by atoms with E-state index in [2.05, 4.69) is 56.9 Å². The van der Waals surface area contributed by atoms with Gasteiger partial charge in [0.05, 0.1) is 0 Å². The highest BCUT2D eigenvalue weighted by Gasteiger charge is 2.29. The molecule has 1 fully saturated rings. The summed E-state index contributed by atoms with van der Waals surface area (Å²) in [5.41, 5.74) is 0.331. The van der Waals surface area contributed by atoms with E-state index in [0.717, 1.165) is 6.54 Å². The highest BCUT2D eigenvalue weighted by molar-refractivity contribution is 4.86. The van der Waals surface area contributed by atoms with E-state index in [1.54, 1.807) is 0 Å². The Labute approximate surface area is 101 Å². The number of piperazine rings is 1. The van der Waals surface area contributed by atoms with Gasteiger partial charge >= 0.3 is 0 Å². The second kappa shape index (κ2) is 5.48. The van der Waals surface area contributed by atoms with Crippen molar-refractivity contribution in [3.05, 3.63) is 0 Å². The van der Waals surface area contributed by atoms with Crippen molar-refractivity contribution < 1.29 is 0 Å². The van der Waals surface area contributed by atoms with Crippen LogP contribution in [0, 0.1) is 5.41 Å². The molecule has 0 saturated carbocycles. The lowest BCUT2D eigenvalue weighted by molar-refractivity contribution is 0.0745. The van der Waals surface area contributed by atoms with Crippen molar-refractivity contribution in [2.24, 2.45) is 5.41 Å². The normalized spacial score (nSPS) is 27.0. The lowest BCUT2D eigenvalue weighted by atomic mass is 9.86. The molecule has 1 rings (SSSR count). The summed E-state index contributed by atoms with van der Waals surface area (Å²) in [6.45, 7) is 14.0. The summed E-state index contributed by atoms with van der Waals surface area (Å²) in [7, 11) is 4.30. The fourth-order valence-corrected chi connectivity index (χ4v) is 2.48. The zero-order chi connectivity index (χ0) is 12.3. The van der Waals surface area contributed by atoms with Crippen LogP contribution in [0.15, 0.2) is 0 Å². The van der Waals surface area contributed by atoms with Crippen molar-refractivity contribution in [3.8, 4) is 0 Å². The molecule has 1 aliphatic rings. The molecule has 1 saturated heterocycles. The van der Waals surface area contributed by atoms with E-state index >= 15 is 0 Å². The molecule has 96 valence electrons. The molecule has 0 aromatic heterocycles. The molecule has 0 aromatic carbocycles. The molecule has 1 heterocycles. The quantitative estimate of drug-likeness (QED) is 0.783. The Balaban J connectivity index is 2.52. The van der Waals surface area contributed by atoms with Crippen LogP contribution >= 0.6 is 0 Å². The Morgan fingerprint density at radius 1 is 1.31 bits per heavy atom. The smallest absolute Gasteiger partial charge is 0.0240 e. The number of nitrogens with zero attached hydrogens (tertiary/aromatic N) is 2. The van der Waals surface area contributed by atoms with Crippen molar-refractivity contribution in [2.75, 3.05) is 40.3 Å². The van der Waals surface area contributed by atoms with Gasteiger partial charge in [0, 0.05) is 38.3 Å². The van der Waals surface area contributed by atoms with Gasteiger partial charge in [0.1, 0.15) is 0 Å². The minimum Gasteiger partial charge on any atom is -0.315 e. The van der Waals surface area contributed by atoms with E-state index in [4.69, 9.17) is 0 Å². The van der Waals surface area contributed by atoms with E-state index in [0.29, 0.717) is 17.5 Å². The molecule has 0 aromatic rings. The van der Waals surface area contributed by atoms with Gasteiger partial charge in [0.25, 0.3) is 0 Å². The first-order valence-electron chi connectivity index (χ1n) is 6.44. The number of hydrogen-bond donors (Lipinski definition) is 1. The molecule has 1 aliphatic heterocycles. The first kappa shape index (κ1) is 13.9. The van der Waals surface area contributed by atoms with Crippen molar-refractivity contribution >= 4 is 0 Å². The Kier molecular flexibility index (Phi) is 4.77. The summed E-state index contributed by atoms with van der Waals surface area (Å²) in [4.78, 5) is 5.04. The van der Waals surface area contributed by atoms with Crippen molar-refractivity contribution in [3.63, 3.8) is 0 Å². The summed E-state index contributed by atoms with van der Waals surface area (Å²) in [5, 5.41) is 3.47. The molecular weight excluding hydrogens is 198 g/mol. The summed E-state index contributed by atoms with van der Waals surface area (Å²) in [6, 6.07) is 1.25. The van der Waals surface area contributed by atoms with E-state index in [1.165, 1.54) is 19.6 Å². The second-order valence-corrected chi connectivity index (χ2v) is 6.31. The molecule has 3 heteroatoms. The SMILES string of the molecule is CNC(CN1CCN(C)CC1C)C(C)(C)C. The van der Waals surface area contributed by atoms with Gasteiger partial charge in [-0.05, 0) is 26.4 Å². The summed E-state index contributed by atoms with van der Waals surface area (Å²) < 4.78 is 0. The number of hydrogen-bond acceptors (Lipinski definition) is 3. The van der Waals surface area contributed by atoms with Crippen molar-refractivity contribution in [1.29, 1.82) is 0 Å². The van der Waals surface area contributed by atoms with Crippen molar-refractivity contribution in [2.45, 2.75) is 39.8 Å². The second-order valence-electron chi connectivity index (χ2n) is 6.31. The van der Waals surface area contributed by atoms with Gasteiger partial charge in [-0.2, -0.15) is 0 Å². The van der Waals surface area contributed by atoms with Crippen LogP contribution in [-0.4, -0.2) is 62.2 Å². The standard InChI is InChI=1S/C13H29N3/c1-11-9-15(6)7-8-16(11)10-12(14-5)13(2,3)4/h11-12,14H,7-10H2,1-6H3.